The second-order valence-electron chi connectivity index (χ2n) is 5.29. The third-order valence-electron chi connectivity index (χ3n) is 4.05. The van der Waals surface area contributed by atoms with Crippen molar-refractivity contribution in [3.8, 4) is 0 Å². The van der Waals surface area contributed by atoms with Gasteiger partial charge in [0.15, 0.2) is 0 Å². The monoisotopic (exact) mass is 357 g/mol. The van der Waals surface area contributed by atoms with Crippen molar-refractivity contribution >= 4 is 33.5 Å². The molecule has 2 N–H and O–H groups in total. The van der Waals surface area contributed by atoms with Crippen molar-refractivity contribution in [3.05, 3.63) is 28.5 Å². The van der Waals surface area contributed by atoms with Crippen LogP contribution in [0.25, 0.3) is 0 Å². The van der Waals surface area contributed by atoms with E-state index in [1.54, 1.807) is 6.07 Å². The predicted octanol–water partition coefficient (Wildman–Crippen LogP) is 2.40. The van der Waals surface area contributed by atoms with Gasteiger partial charge in [-0.25, -0.2) is 4.39 Å². The second-order valence-corrected chi connectivity index (χ2v) is 6.21. The molecule has 2 aliphatic rings. The fourth-order valence-corrected chi connectivity index (χ4v) is 3.46. The van der Waals surface area contributed by atoms with Crippen molar-refractivity contribution in [3.63, 3.8) is 0 Å². The number of fused-ring (bicyclic) bond motifs is 2. The van der Waals surface area contributed by atoms with E-state index < -0.39 is 41.7 Å². The number of benzene rings is 1. The molecule has 1 aromatic rings. The molecule has 2 aliphatic heterocycles. The number of carboxylic acids is 1. The van der Waals surface area contributed by atoms with Gasteiger partial charge in [-0.05, 0) is 31.0 Å². The summed E-state index contributed by atoms with van der Waals surface area (Å²) in [6.45, 7) is 0. The van der Waals surface area contributed by atoms with Crippen LogP contribution in [0.15, 0.2) is 22.7 Å². The molecule has 2 fully saturated rings. The number of rotatable bonds is 3. The van der Waals surface area contributed by atoms with Crippen molar-refractivity contribution < 1.29 is 23.8 Å². The molecular weight excluding hydrogens is 345 g/mol. The van der Waals surface area contributed by atoms with Gasteiger partial charge in [0.1, 0.15) is 5.82 Å². The van der Waals surface area contributed by atoms with Crippen molar-refractivity contribution in [2.24, 2.45) is 11.8 Å². The lowest BCUT2D eigenvalue weighted by atomic mass is 9.78. The van der Waals surface area contributed by atoms with Crippen molar-refractivity contribution in [2.45, 2.75) is 25.0 Å². The van der Waals surface area contributed by atoms with E-state index >= 15 is 0 Å². The molecule has 7 heteroatoms. The minimum atomic E-state index is -1.04. The molecule has 3 rings (SSSR count). The Kier molecular flexibility index (Phi) is 3.71. The summed E-state index contributed by atoms with van der Waals surface area (Å²) in [7, 11) is 0. The zero-order chi connectivity index (χ0) is 15.1. The molecule has 0 aliphatic carbocycles. The maximum Gasteiger partial charge on any atom is 0.310 e. The molecule has 0 unspecified atom stereocenters. The molecule has 21 heavy (non-hydrogen) atoms. The first kappa shape index (κ1) is 14.5. The Morgan fingerprint density at radius 3 is 2.57 bits per heavy atom. The lowest BCUT2D eigenvalue weighted by Gasteiger charge is -2.23. The average Bonchev–Trinajstić information content (AvgIpc) is 3.02. The van der Waals surface area contributed by atoms with E-state index in [0.717, 1.165) is 0 Å². The van der Waals surface area contributed by atoms with Gasteiger partial charge in [0, 0.05) is 4.47 Å². The summed E-state index contributed by atoms with van der Waals surface area (Å²) in [5, 5.41) is 11.7. The number of carboxylic acid groups (broad SMARTS) is 1. The van der Waals surface area contributed by atoms with E-state index in [-0.39, 0.29) is 5.69 Å². The number of amides is 1. The van der Waals surface area contributed by atoms with E-state index in [9.17, 15) is 19.1 Å². The number of anilines is 1. The topological polar surface area (TPSA) is 75.6 Å². The Morgan fingerprint density at radius 1 is 1.29 bits per heavy atom. The highest BCUT2D eigenvalue weighted by molar-refractivity contribution is 9.10. The number of aliphatic carboxylic acids is 1. The number of ether oxygens (including phenoxy) is 1. The van der Waals surface area contributed by atoms with Gasteiger partial charge in [-0.1, -0.05) is 15.9 Å². The Bertz CT molecular complexity index is 609. The Hall–Kier alpha value is -1.47. The van der Waals surface area contributed by atoms with Gasteiger partial charge in [0.05, 0.1) is 29.7 Å². The molecule has 1 amide bonds. The molecule has 0 radical (unpaired) electrons. The van der Waals surface area contributed by atoms with Gasteiger partial charge in [0.25, 0.3) is 0 Å². The Morgan fingerprint density at radius 2 is 1.95 bits per heavy atom. The zero-order valence-corrected chi connectivity index (χ0v) is 12.5. The number of nitrogens with one attached hydrogen (secondary N) is 1. The molecule has 2 heterocycles. The normalized spacial score (nSPS) is 30.4. The van der Waals surface area contributed by atoms with Gasteiger partial charge in [-0.3, -0.25) is 9.59 Å². The van der Waals surface area contributed by atoms with Crippen molar-refractivity contribution in [2.75, 3.05) is 5.32 Å². The molecule has 0 saturated carbocycles. The fourth-order valence-electron chi connectivity index (χ4n) is 3.13. The van der Waals surface area contributed by atoms with Crippen LogP contribution in [0.5, 0.6) is 0 Å². The third kappa shape index (κ3) is 2.55. The minimum Gasteiger partial charge on any atom is -0.481 e. The highest BCUT2D eigenvalue weighted by Gasteiger charge is 2.55. The number of carbonyl (C=O) groups excluding carboxylic acids is 1. The van der Waals surface area contributed by atoms with E-state index in [1.165, 1.54) is 12.1 Å². The standard InChI is InChI=1S/C14H13BrFNO4/c15-6-1-2-8(7(16)5-6)17-13(18)11-9-3-4-10(21-9)12(11)14(19)20/h1-2,5,9-12H,3-4H2,(H,17,18)(H,19,20)/t9-,10-,11+,12-/m1/s1. The molecule has 2 saturated heterocycles. The predicted molar refractivity (Wildman–Crippen MR) is 75.2 cm³/mol. The van der Waals surface area contributed by atoms with Crippen LogP contribution >= 0.6 is 15.9 Å². The Labute approximate surface area is 128 Å². The summed E-state index contributed by atoms with van der Waals surface area (Å²) in [6, 6.07) is 4.27. The highest BCUT2D eigenvalue weighted by Crippen LogP contribution is 2.44. The maximum atomic E-state index is 13.7. The first-order valence-corrected chi connectivity index (χ1v) is 7.41. The molecule has 0 aromatic heterocycles. The summed E-state index contributed by atoms with van der Waals surface area (Å²) in [4.78, 5) is 23.7. The quantitative estimate of drug-likeness (QED) is 0.870. The van der Waals surface area contributed by atoms with Gasteiger partial charge < -0.3 is 15.2 Å². The largest absolute Gasteiger partial charge is 0.481 e. The molecule has 1 aromatic carbocycles. The van der Waals surface area contributed by atoms with E-state index in [4.69, 9.17) is 4.74 Å². The van der Waals surface area contributed by atoms with Gasteiger partial charge in [0.2, 0.25) is 5.91 Å². The molecule has 0 spiro atoms. The van der Waals surface area contributed by atoms with Crippen LogP contribution in [0, 0.1) is 17.7 Å². The van der Waals surface area contributed by atoms with Gasteiger partial charge in [-0.15, -0.1) is 0 Å². The molecular formula is C14H13BrFNO4. The molecule has 112 valence electrons. The van der Waals surface area contributed by atoms with Crippen LogP contribution in [-0.4, -0.2) is 29.2 Å². The number of halogens is 2. The van der Waals surface area contributed by atoms with Crippen molar-refractivity contribution in [1.29, 1.82) is 0 Å². The van der Waals surface area contributed by atoms with Gasteiger partial charge >= 0.3 is 5.97 Å². The van der Waals surface area contributed by atoms with Gasteiger partial charge in [-0.2, -0.15) is 0 Å². The molecule has 2 bridgehead atoms. The first-order chi connectivity index (χ1) is 9.97. The summed E-state index contributed by atoms with van der Waals surface area (Å²) >= 11 is 3.13. The number of carbonyl (C=O) groups is 2. The second kappa shape index (κ2) is 5.38. The maximum absolute atomic E-state index is 13.7. The van der Waals surface area contributed by atoms with E-state index in [0.29, 0.717) is 17.3 Å². The summed E-state index contributed by atoms with van der Waals surface area (Å²) in [5.41, 5.74) is 0.0371. The lowest BCUT2D eigenvalue weighted by Crippen LogP contribution is -2.41. The summed E-state index contributed by atoms with van der Waals surface area (Å²) in [5.74, 6) is -3.75. The molecule has 5 nitrogen and oxygen atoms in total. The highest BCUT2D eigenvalue weighted by atomic mass is 79.9. The van der Waals surface area contributed by atoms with Crippen LogP contribution in [0.2, 0.25) is 0 Å². The SMILES string of the molecule is O=C(Nc1ccc(Br)cc1F)[C@@H]1[C@H](C(=O)O)[C@H]2CC[C@H]1O2. The van der Waals surface area contributed by atoms with E-state index in [1.807, 2.05) is 0 Å². The van der Waals surface area contributed by atoms with Crippen LogP contribution in [0.3, 0.4) is 0 Å². The van der Waals surface area contributed by atoms with Crippen LogP contribution in [0.4, 0.5) is 10.1 Å². The Balaban J connectivity index is 1.80. The zero-order valence-electron chi connectivity index (χ0n) is 10.9. The first-order valence-electron chi connectivity index (χ1n) is 6.61. The number of hydrogen-bond acceptors (Lipinski definition) is 3. The smallest absolute Gasteiger partial charge is 0.310 e. The van der Waals surface area contributed by atoms with Crippen LogP contribution in [0.1, 0.15) is 12.8 Å². The number of hydrogen-bond donors (Lipinski definition) is 2. The van der Waals surface area contributed by atoms with Crippen LogP contribution < -0.4 is 5.32 Å². The van der Waals surface area contributed by atoms with E-state index in [2.05, 4.69) is 21.2 Å². The van der Waals surface area contributed by atoms with Crippen molar-refractivity contribution in [1.82, 2.24) is 0 Å². The third-order valence-corrected chi connectivity index (χ3v) is 4.54. The lowest BCUT2D eigenvalue weighted by molar-refractivity contribution is -0.147. The summed E-state index contributed by atoms with van der Waals surface area (Å²) < 4.78 is 19.8. The van der Waals surface area contributed by atoms with Crippen LogP contribution in [-0.2, 0) is 14.3 Å². The average molecular weight is 358 g/mol. The summed E-state index contributed by atoms with van der Waals surface area (Å²) in [6.07, 6.45) is 0.501. The fraction of sp³-hybridized carbons (Fsp3) is 0.429. The minimum absolute atomic E-state index is 0.0371. The molecule has 4 atom stereocenters.